The van der Waals surface area contributed by atoms with Crippen LogP contribution < -0.4 is 5.32 Å². The fourth-order valence-electron chi connectivity index (χ4n) is 1.24. The van der Waals surface area contributed by atoms with Crippen LogP contribution in [0.1, 0.15) is 22.8 Å². The summed E-state index contributed by atoms with van der Waals surface area (Å²) in [6.45, 7) is 1.09. The second-order valence-corrected chi connectivity index (χ2v) is 3.78. The van der Waals surface area contributed by atoms with Gasteiger partial charge in [-0.15, -0.1) is 0 Å². The minimum absolute atomic E-state index is 0.312. The van der Waals surface area contributed by atoms with Crippen LogP contribution in [0.15, 0.2) is 18.2 Å². The van der Waals surface area contributed by atoms with Crippen LogP contribution in [-0.4, -0.2) is 23.7 Å². The minimum atomic E-state index is -4.72. The standard InChI is InChI=1S/C11H11F4NO2/c1-6(5-17)16-10(18)7-2-8(11(13,14)15)4-9(12)3-7/h2-4,6,17H,5H2,1H3,(H,16,18). The van der Waals surface area contributed by atoms with Crippen molar-refractivity contribution in [3.63, 3.8) is 0 Å². The lowest BCUT2D eigenvalue weighted by molar-refractivity contribution is -0.137. The van der Waals surface area contributed by atoms with Gasteiger partial charge in [-0.3, -0.25) is 4.79 Å². The Labute approximate surface area is 100 Å². The summed E-state index contributed by atoms with van der Waals surface area (Å²) >= 11 is 0. The number of carbonyl (C=O) groups is 1. The van der Waals surface area contributed by atoms with Crippen molar-refractivity contribution in [2.45, 2.75) is 19.1 Å². The number of aliphatic hydroxyl groups is 1. The molecular formula is C11H11F4NO2. The van der Waals surface area contributed by atoms with Crippen molar-refractivity contribution in [2.24, 2.45) is 0 Å². The third-order valence-corrected chi connectivity index (χ3v) is 2.14. The number of hydrogen-bond donors (Lipinski definition) is 2. The molecule has 3 nitrogen and oxygen atoms in total. The van der Waals surface area contributed by atoms with Crippen molar-refractivity contribution >= 4 is 5.91 Å². The Balaban J connectivity index is 3.03. The Kier molecular flexibility index (Phi) is 4.28. The lowest BCUT2D eigenvalue weighted by Crippen LogP contribution is -2.35. The Morgan fingerprint density at radius 3 is 2.50 bits per heavy atom. The van der Waals surface area contributed by atoms with Crippen molar-refractivity contribution in [3.05, 3.63) is 35.1 Å². The van der Waals surface area contributed by atoms with E-state index in [4.69, 9.17) is 5.11 Å². The van der Waals surface area contributed by atoms with Gasteiger partial charge in [-0.05, 0) is 25.1 Å². The smallest absolute Gasteiger partial charge is 0.394 e. The summed E-state index contributed by atoms with van der Waals surface area (Å²) in [6, 6.07) is 0.943. The largest absolute Gasteiger partial charge is 0.416 e. The molecule has 1 amide bonds. The van der Waals surface area contributed by atoms with Gasteiger partial charge in [0.05, 0.1) is 12.2 Å². The SMILES string of the molecule is CC(CO)NC(=O)c1cc(F)cc(C(F)(F)F)c1. The number of rotatable bonds is 3. The zero-order valence-electron chi connectivity index (χ0n) is 9.38. The molecule has 1 rings (SSSR count). The van der Waals surface area contributed by atoms with E-state index in [0.29, 0.717) is 18.2 Å². The van der Waals surface area contributed by atoms with Gasteiger partial charge in [-0.2, -0.15) is 13.2 Å². The van der Waals surface area contributed by atoms with E-state index in [2.05, 4.69) is 5.32 Å². The van der Waals surface area contributed by atoms with Crippen molar-refractivity contribution < 1.29 is 27.5 Å². The predicted molar refractivity (Wildman–Crippen MR) is 55.4 cm³/mol. The van der Waals surface area contributed by atoms with E-state index in [1.807, 2.05) is 0 Å². The first kappa shape index (κ1) is 14.4. The minimum Gasteiger partial charge on any atom is -0.394 e. The highest BCUT2D eigenvalue weighted by Crippen LogP contribution is 2.30. The fraction of sp³-hybridized carbons (Fsp3) is 0.364. The lowest BCUT2D eigenvalue weighted by Gasteiger charge is -2.12. The van der Waals surface area contributed by atoms with E-state index in [1.54, 1.807) is 0 Å². The van der Waals surface area contributed by atoms with Crippen LogP contribution >= 0.6 is 0 Å². The molecule has 0 aromatic heterocycles. The van der Waals surface area contributed by atoms with E-state index in [0.717, 1.165) is 0 Å². The highest BCUT2D eigenvalue weighted by Gasteiger charge is 2.32. The fourth-order valence-corrected chi connectivity index (χ4v) is 1.24. The molecule has 0 radical (unpaired) electrons. The molecule has 1 aromatic rings. The molecule has 2 N–H and O–H groups in total. The second-order valence-electron chi connectivity index (χ2n) is 3.78. The summed E-state index contributed by atoms with van der Waals surface area (Å²) in [7, 11) is 0. The molecule has 0 aliphatic rings. The molecule has 18 heavy (non-hydrogen) atoms. The van der Waals surface area contributed by atoms with Gasteiger partial charge in [0.1, 0.15) is 5.82 Å². The first-order valence-electron chi connectivity index (χ1n) is 5.03. The molecular weight excluding hydrogens is 254 g/mol. The van der Waals surface area contributed by atoms with E-state index in [-0.39, 0.29) is 6.61 Å². The van der Waals surface area contributed by atoms with E-state index in [9.17, 15) is 22.4 Å². The Bertz CT molecular complexity index is 445. The maximum absolute atomic E-state index is 13.0. The average Bonchev–Trinajstić information content (AvgIpc) is 2.26. The number of alkyl halides is 3. The topological polar surface area (TPSA) is 49.3 Å². The van der Waals surface area contributed by atoms with Crippen molar-refractivity contribution in [2.75, 3.05) is 6.61 Å². The molecule has 0 saturated heterocycles. The van der Waals surface area contributed by atoms with Gasteiger partial charge in [0, 0.05) is 11.6 Å². The molecule has 0 aliphatic carbocycles. The van der Waals surface area contributed by atoms with Crippen LogP contribution in [0.25, 0.3) is 0 Å². The Morgan fingerprint density at radius 1 is 1.39 bits per heavy atom. The van der Waals surface area contributed by atoms with Crippen LogP contribution in [0, 0.1) is 5.82 Å². The molecule has 0 saturated carbocycles. The predicted octanol–water partition coefficient (Wildman–Crippen LogP) is 1.96. The first-order chi connectivity index (χ1) is 8.24. The zero-order valence-corrected chi connectivity index (χ0v) is 9.38. The molecule has 0 spiro atoms. The van der Waals surface area contributed by atoms with Crippen LogP contribution in [0.4, 0.5) is 17.6 Å². The van der Waals surface area contributed by atoms with E-state index in [1.165, 1.54) is 6.92 Å². The molecule has 0 fully saturated rings. The number of amides is 1. The van der Waals surface area contributed by atoms with Gasteiger partial charge >= 0.3 is 6.18 Å². The number of nitrogens with one attached hydrogen (secondary N) is 1. The number of hydrogen-bond acceptors (Lipinski definition) is 2. The summed E-state index contributed by atoms with van der Waals surface area (Å²) in [6.07, 6.45) is -4.72. The highest BCUT2D eigenvalue weighted by atomic mass is 19.4. The summed E-state index contributed by atoms with van der Waals surface area (Å²) in [5.41, 5.74) is -1.67. The Hall–Kier alpha value is -1.63. The monoisotopic (exact) mass is 265 g/mol. The van der Waals surface area contributed by atoms with E-state index >= 15 is 0 Å². The lowest BCUT2D eigenvalue weighted by atomic mass is 10.1. The quantitative estimate of drug-likeness (QED) is 0.821. The van der Waals surface area contributed by atoms with Gasteiger partial charge in [-0.25, -0.2) is 4.39 Å². The van der Waals surface area contributed by atoms with E-state index < -0.39 is 35.1 Å². The molecule has 0 bridgehead atoms. The summed E-state index contributed by atoms with van der Waals surface area (Å²) in [4.78, 5) is 11.5. The number of benzene rings is 1. The number of aliphatic hydroxyl groups excluding tert-OH is 1. The van der Waals surface area contributed by atoms with Crippen LogP contribution in [-0.2, 0) is 6.18 Å². The van der Waals surface area contributed by atoms with Crippen molar-refractivity contribution in [1.82, 2.24) is 5.32 Å². The normalized spacial score (nSPS) is 13.2. The summed E-state index contributed by atoms with van der Waals surface area (Å²) in [5, 5.41) is 10.9. The van der Waals surface area contributed by atoms with Gasteiger partial charge in [0.15, 0.2) is 0 Å². The molecule has 1 atom stereocenters. The highest BCUT2D eigenvalue weighted by molar-refractivity contribution is 5.94. The van der Waals surface area contributed by atoms with Crippen LogP contribution in [0.3, 0.4) is 0 Å². The zero-order chi connectivity index (χ0) is 13.9. The Morgan fingerprint density at radius 2 is 2.00 bits per heavy atom. The number of halogens is 4. The van der Waals surface area contributed by atoms with Gasteiger partial charge in [0.25, 0.3) is 5.91 Å². The van der Waals surface area contributed by atoms with Crippen molar-refractivity contribution in [1.29, 1.82) is 0 Å². The molecule has 1 aromatic carbocycles. The molecule has 7 heteroatoms. The summed E-state index contributed by atoms with van der Waals surface area (Å²) in [5.74, 6) is -2.02. The molecule has 0 heterocycles. The van der Waals surface area contributed by atoms with Gasteiger partial charge in [-0.1, -0.05) is 0 Å². The van der Waals surface area contributed by atoms with Crippen molar-refractivity contribution in [3.8, 4) is 0 Å². The maximum Gasteiger partial charge on any atom is 0.416 e. The second kappa shape index (κ2) is 5.34. The molecule has 100 valence electrons. The third-order valence-electron chi connectivity index (χ3n) is 2.14. The van der Waals surface area contributed by atoms with Crippen LogP contribution in [0.2, 0.25) is 0 Å². The maximum atomic E-state index is 13.0. The van der Waals surface area contributed by atoms with Gasteiger partial charge < -0.3 is 10.4 Å². The first-order valence-corrected chi connectivity index (χ1v) is 5.03. The molecule has 1 unspecified atom stereocenters. The third kappa shape index (κ3) is 3.69. The average molecular weight is 265 g/mol. The van der Waals surface area contributed by atoms with Crippen LogP contribution in [0.5, 0.6) is 0 Å². The van der Waals surface area contributed by atoms with Gasteiger partial charge in [0.2, 0.25) is 0 Å². The molecule has 0 aliphatic heterocycles. The summed E-state index contributed by atoms with van der Waals surface area (Å²) < 4.78 is 50.2. The number of carbonyl (C=O) groups excluding carboxylic acids is 1.